The summed E-state index contributed by atoms with van der Waals surface area (Å²) in [4.78, 5) is 12.5. The minimum atomic E-state index is -0.593. The van der Waals surface area contributed by atoms with Crippen molar-refractivity contribution in [3.8, 4) is 17.2 Å². The monoisotopic (exact) mass is 371 g/mol. The molecule has 2 aromatic rings. The molecule has 0 fully saturated rings. The molecule has 0 aliphatic heterocycles. The Morgan fingerprint density at radius 1 is 0.963 bits per heavy atom. The Morgan fingerprint density at radius 2 is 1.67 bits per heavy atom. The summed E-state index contributed by atoms with van der Waals surface area (Å²) < 4.78 is 16.5. The first-order valence-electron chi connectivity index (χ1n) is 9.11. The Hall–Kier alpha value is -2.69. The molecule has 0 bridgehead atoms. The van der Waals surface area contributed by atoms with Gasteiger partial charge in [0.15, 0.2) is 17.6 Å². The van der Waals surface area contributed by atoms with Crippen LogP contribution in [-0.2, 0) is 11.3 Å². The topological polar surface area (TPSA) is 56.8 Å². The second-order valence-electron chi connectivity index (χ2n) is 6.86. The Balaban J connectivity index is 2.01. The number of benzene rings is 2. The molecule has 0 aliphatic carbocycles. The molecular formula is C22H29NO4. The molecule has 1 amide bonds. The van der Waals surface area contributed by atoms with Crippen molar-refractivity contribution in [1.82, 2.24) is 5.32 Å². The van der Waals surface area contributed by atoms with Gasteiger partial charge in [-0.1, -0.05) is 32.0 Å². The molecule has 0 aliphatic rings. The molecule has 0 heterocycles. The molecule has 2 rings (SSSR count). The van der Waals surface area contributed by atoms with E-state index in [4.69, 9.17) is 14.2 Å². The van der Waals surface area contributed by atoms with Crippen LogP contribution in [0.4, 0.5) is 0 Å². The first-order chi connectivity index (χ1) is 12.8. The highest BCUT2D eigenvalue weighted by molar-refractivity contribution is 5.80. The summed E-state index contributed by atoms with van der Waals surface area (Å²) in [6.07, 6.45) is -0.593. The zero-order valence-electron chi connectivity index (χ0n) is 17.0. The molecule has 2 aromatic carbocycles. The molecule has 27 heavy (non-hydrogen) atoms. The van der Waals surface area contributed by atoms with Crippen molar-refractivity contribution in [2.75, 3.05) is 14.2 Å². The van der Waals surface area contributed by atoms with Crippen molar-refractivity contribution in [1.29, 1.82) is 0 Å². The highest BCUT2D eigenvalue weighted by Crippen LogP contribution is 2.29. The van der Waals surface area contributed by atoms with Crippen molar-refractivity contribution in [2.45, 2.75) is 46.3 Å². The summed E-state index contributed by atoms with van der Waals surface area (Å²) in [6, 6.07) is 11.7. The van der Waals surface area contributed by atoms with E-state index in [0.717, 1.165) is 22.4 Å². The molecule has 1 unspecified atom stereocenters. The second-order valence-corrected chi connectivity index (χ2v) is 6.86. The van der Waals surface area contributed by atoms with E-state index < -0.39 is 6.10 Å². The summed E-state index contributed by atoms with van der Waals surface area (Å²) in [5.74, 6) is 2.21. The smallest absolute Gasteiger partial charge is 0.261 e. The lowest BCUT2D eigenvalue weighted by Crippen LogP contribution is -2.36. The molecular weight excluding hydrogens is 342 g/mol. The number of carbonyl (C=O) groups is 1. The highest BCUT2D eigenvalue weighted by Gasteiger charge is 2.17. The predicted molar refractivity (Wildman–Crippen MR) is 107 cm³/mol. The normalized spacial score (nSPS) is 11.8. The van der Waals surface area contributed by atoms with Gasteiger partial charge in [0.2, 0.25) is 0 Å². The van der Waals surface area contributed by atoms with Crippen molar-refractivity contribution in [3.05, 3.63) is 53.1 Å². The molecule has 0 saturated heterocycles. The van der Waals surface area contributed by atoms with Gasteiger partial charge in [-0.2, -0.15) is 0 Å². The highest BCUT2D eigenvalue weighted by atomic mass is 16.5. The van der Waals surface area contributed by atoms with Gasteiger partial charge < -0.3 is 19.5 Å². The summed E-state index contributed by atoms with van der Waals surface area (Å²) >= 11 is 0. The Bertz CT molecular complexity index is 786. The van der Waals surface area contributed by atoms with Crippen molar-refractivity contribution in [2.24, 2.45) is 0 Å². The van der Waals surface area contributed by atoms with Crippen LogP contribution in [0.3, 0.4) is 0 Å². The van der Waals surface area contributed by atoms with E-state index in [9.17, 15) is 4.79 Å². The van der Waals surface area contributed by atoms with Crippen LogP contribution in [0.5, 0.6) is 17.2 Å². The lowest BCUT2D eigenvalue weighted by molar-refractivity contribution is -0.127. The van der Waals surface area contributed by atoms with Gasteiger partial charge in [0.05, 0.1) is 14.2 Å². The summed E-state index contributed by atoms with van der Waals surface area (Å²) in [7, 11) is 3.18. The van der Waals surface area contributed by atoms with Gasteiger partial charge >= 0.3 is 0 Å². The number of amides is 1. The minimum absolute atomic E-state index is 0.166. The molecule has 0 radical (unpaired) electrons. The van der Waals surface area contributed by atoms with E-state index in [1.54, 1.807) is 21.1 Å². The Kier molecular flexibility index (Phi) is 7.11. The number of methoxy groups -OCH3 is 2. The standard InChI is InChI=1S/C22H29NO4/c1-14(2)18-9-7-15(3)11-20(18)27-16(4)22(24)23-13-17-8-10-19(25-5)21(12-17)26-6/h7-12,14,16H,13H2,1-6H3,(H,23,24). The third-order valence-electron chi connectivity index (χ3n) is 4.38. The average Bonchev–Trinajstić information content (AvgIpc) is 2.65. The summed E-state index contributed by atoms with van der Waals surface area (Å²) in [5.41, 5.74) is 3.12. The van der Waals surface area contributed by atoms with Gasteiger partial charge in [-0.25, -0.2) is 0 Å². The van der Waals surface area contributed by atoms with E-state index in [-0.39, 0.29) is 5.91 Å². The van der Waals surface area contributed by atoms with Crippen LogP contribution in [0.1, 0.15) is 43.4 Å². The Labute approximate surface area is 161 Å². The summed E-state index contributed by atoms with van der Waals surface area (Å²) in [5, 5.41) is 2.91. The van der Waals surface area contributed by atoms with Crippen LogP contribution < -0.4 is 19.5 Å². The van der Waals surface area contributed by atoms with Crippen molar-refractivity contribution in [3.63, 3.8) is 0 Å². The van der Waals surface area contributed by atoms with E-state index in [2.05, 4.69) is 31.3 Å². The molecule has 0 spiro atoms. The molecule has 1 N–H and O–H groups in total. The maximum Gasteiger partial charge on any atom is 0.261 e. The number of ether oxygens (including phenoxy) is 3. The molecule has 0 aromatic heterocycles. The zero-order valence-corrected chi connectivity index (χ0v) is 17.0. The van der Waals surface area contributed by atoms with Crippen LogP contribution in [0.15, 0.2) is 36.4 Å². The van der Waals surface area contributed by atoms with Crippen molar-refractivity contribution < 1.29 is 19.0 Å². The number of rotatable bonds is 8. The number of nitrogens with one attached hydrogen (secondary N) is 1. The average molecular weight is 371 g/mol. The number of carbonyl (C=O) groups excluding carboxylic acids is 1. The molecule has 1 atom stereocenters. The second kappa shape index (κ2) is 9.31. The number of hydrogen-bond donors (Lipinski definition) is 1. The zero-order chi connectivity index (χ0) is 20.0. The third kappa shape index (κ3) is 5.39. The Morgan fingerprint density at radius 3 is 2.30 bits per heavy atom. The fourth-order valence-corrected chi connectivity index (χ4v) is 2.79. The van der Waals surface area contributed by atoms with E-state index in [1.807, 2.05) is 31.2 Å². The fraction of sp³-hybridized carbons (Fsp3) is 0.409. The largest absolute Gasteiger partial charge is 0.493 e. The first kappa shape index (κ1) is 20.6. The van der Waals surface area contributed by atoms with Gasteiger partial charge in [-0.15, -0.1) is 0 Å². The number of aryl methyl sites for hydroxylation is 1. The first-order valence-corrected chi connectivity index (χ1v) is 9.11. The van der Waals surface area contributed by atoms with Crippen LogP contribution in [-0.4, -0.2) is 26.2 Å². The number of hydrogen-bond acceptors (Lipinski definition) is 4. The van der Waals surface area contributed by atoms with E-state index >= 15 is 0 Å². The SMILES string of the molecule is COc1ccc(CNC(=O)C(C)Oc2cc(C)ccc2C(C)C)cc1OC. The van der Waals surface area contributed by atoms with Gasteiger partial charge in [0, 0.05) is 6.54 Å². The quantitative estimate of drug-likeness (QED) is 0.755. The van der Waals surface area contributed by atoms with E-state index in [0.29, 0.717) is 24.0 Å². The fourth-order valence-electron chi connectivity index (χ4n) is 2.79. The minimum Gasteiger partial charge on any atom is -0.493 e. The predicted octanol–water partition coefficient (Wildman–Crippen LogP) is 4.22. The molecule has 146 valence electrons. The van der Waals surface area contributed by atoms with Gasteiger partial charge in [0.25, 0.3) is 5.91 Å². The maximum absolute atomic E-state index is 12.5. The molecule has 5 nitrogen and oxygen atoms in total. The molecule has 5 heteroatoms. The van der Waals surface area contributed by atoms with Crippen molar-refractivity contribution >= 4 is 5.91 Å². The molecule has 0 saturated carbocycles. The lowest BCUT2D eigenvalue weighted by atomic mass is 10.0. The lowest BCUT2D eigenvalue weighted by Gasteiger charge is -2.19. The third-order valence-corrected chi connectivity index (χ3v) is 4.38. The van der Waals surface area contributed by atoms with Gasteiger partial charge in [-0.05, 0) is 54.7 Å². The van der Waals surface area contributed by atoms with Crippen LogP contribution in [0, 0.1) is 6.92 Å². The summed E-state index contributed by atoms with van der Waals surface area (Å²) in [6.45, 7) is 8.38. The van der Waals surface area contributed by atoms with Gasteiger partial charge in [-0.3, -0.25) is 4.79 Å². The van der Waals surface area contributed by atoms with E-state index in [1.165, 1.54) is 0 Å². The maximum atomic E-state index is 12.5. The van der Waals surface area contributed by atoms with Gasteiger partial charge in [0.1, 0.15) is 5.75 Å². The van der Waals surface area contributed by atoms with Crippen LogP contribution in [0.2, 0.25) is 0 Å². The van der Waals surface area contributed by atoms with Crippen LogP contribution in [0.25, 0.3) is 0 Å². The van der Waals surface area contributed by atoms with Crippen LogP contribution >= 0.6 is 0 Å².